The molecule has 0 aromatic carbocycles. The summed E-state index contributed by atoms with van der Waals surface area (Å²) < 4.78 is 0. The second kappa shape index (κ2) is 36.8. The molecule has 0 bridgehead atoms. The molecule has 0 radical (unpaired) electrons. The summed E-state index contributed by atoms with van der Waals surface area (Å²) in [6.07, 6.45) is 49.4. The number of carbonyl (C=O) groups excluding carboxylic acids is 1. The first-order valence-electron chi connectivity index (χ1n) is 19.4. The Morgan fingerprint density at radius 1 is 0.533 bits per heavy atom. The lowest BCUT2D eigenvalue weighted by Crippen LogP contribution is -2.45. The van der Waals surface area contributed by atoms with E-state index in [4.69, 9.17) is 0 Å². The van der Waals surface area contributed by atoms with Gasteiger partial charge in [0.15, 0.2) is 0 Å². The zero-order valence-corrected chi connectivity index (χ0v) is 29.9. The molecule has 1 amide bonds. The first-order chi connectivity index (χ1) is 22.2. The van der Waals surface area contributed by atoms with E-state index in [0.717, 1.165) is 38.5 Å². The lowest BCUT2D eigenvalue weighted by molar-refractivity contribution is -0.123. The average Bonchev–Trinajstić information content (AvgIpc) is 3.04. The molecule has 262 valence electrons. The number of unbranched alkanes of at least 4 members (excludes halogenated alkanes) is 21. The molecular weight excluding hydrogens is 554 g/mol. The van der Waals surface area contributed by atoms with Crippen LogP contribution in [0.1, 0.15) is 187 Å². The Labute approximate surface area is 280 Å². The summed E-state index contributed by atoms with van der Waals surface area (Å²) in [5.41, 5.74) is 0. The quantitative estimate of drug-likeness (QED) is 0.0490. The van der Waals surface area contributed by atoms with Crippen molar-refractivity contribution in [2.24, 2.45) is 0 Å². The van der Waals surface area contributed by atoms with Gasteiger partial charge in [0, 0.05) is 6.42 Å². The van der Waals surface area contributed by atoms with Crippen LogP contribution >= 0.6 is 0 Å². The topological polar surface area (TPSA) is 69.6 Å². The summed E-state index contributed by atoms with van der Waals surface area (Å²) in [6, 6.07) is -0.619. The molecule has 0 heterocycles. The van der Waals surface area contributed by atoms with Crippen LogP contribution in [0, 0.1) is 0 Å². The van der Waals surface area contributed by atoms with Gasteiger partial charge in [0.1, 0.15) is 0 Å². The molecule has 0 saturated carbocycles. The lowest BCUT2D eigenvalue weighted by Gasteiger charge is -2.20. The number of nitrogens with one attached hydrogen (secondary N) is 1. The molecule has 4 nitrogen and oxygen atoms in total. The predicted molar refractivity (Wildman–Crippen MR) is 198 cm³/mol. The van der Waals surface area contributed by atoms with E-state index in [1.165, 1.54) is 128 Å². The minimum absolute atomic E-state index is 0.0740. The maximum Gasteiger partial charge on any atom is 0.220 e. The Bertz CT molecular complexity index is 726. The molecule has 0 aliphatic rings. The molecule has 0 aromatic heterocycles. The number of hydrogen-bond acceptors (Lipinski definition) is 3. The Balaban J connectivity index is 3.49. The highest BCUT2D eigenvalue weighted by Gasteiger charge is 2.17. The van der Waals surface area contributed by atoms with Crippen molar-refractivity contribution in [3.8, 4) is 0 Å². The van der Waals surface area contributed by atoms with Crippen LogP contribution < -0.4 is 5.32 Å². The number of allylic oxidation sites excluding steroid dienone is 7. The summed E-state index contributed by atoms with van der Waals surface area (Å²) in [4.78, 5) is 12.2. The monoisotopic (exact) mass is 630 g/mol. The summed E-state index contributed by atoms with van der Waals surface area (Å²) in [6.45, 7) is 4.21. The van der Waals surface area contributed by atoms with Gasteiger partial charge in [-0.05, 0) is 57.8 Å². The van der Waals surface area contributed by atoms with Crippen molar-refractivity contribution in [3.63, 3.8) is 0 Å². The van der Waals surface area contributed by atoms with E-state index < -0.39 is 12.1 Å². The molecule has 0 aliphatic heterocycles. The van der Waals surface area contributed by atoms with Crippen LogP contribution in [0.15, 0.2) is 48.6 Å². The third-order valence-corrected chi connectivity index (χ3v) is 8.56. The summed E-state index contributed by atoms with van der Waals surface area (Å²) >= 11 is 0. The second-order valence-corrected chi connectivity index (χ2v) is 13.0. The van der Waals surface area contributed by atoms with E-state index in [1.807, 2.05) is 6.08 Å². The minimum atomic E-state index is -0.836. The molecule has 0 rings (SSSR count). The second-order valence-electron chi connectivity index (χ2n) is 13.0. The maximum absolute atomic E-state index is 12.2. The van der Waals surface area contributed by atoms with E-state index in [1.54, 1.807) is 6.08 Å². The third-order valence-electron chi connectivity index (χ3n) is 8.56. The van der Waals surface area contributed by atoms with Crippen LogP contribution in [0.5, 0.6) is 0 Å². The van der Waals surface area contributed by atoms with E-state index in [0.29, 0.717) is 6.42 Å². The van der Waals surface area contributed by atoms with Gasteiger partial charge in [-0.3, -0.25) is 4.79 Å². The van der Waals surface area contributed by atoms with Crippen molar-refractivity contribution in [1.82, 2.24) is 5.32 Å². The van der Waals surface area contributed by atoms with Gasteiger partial charge in [-0.2, -0.15) is 0 Å². The van der Waals surface area contributed by atoms with E-state index in [2.05, 4.69) is 55.6 Å². The molecule has 2 unspecified atom stereocenters. The molecule has 0 aliphatic carbocycles. The zero-order valence-electron chi connectivity index (χ0n) is 29.9. The van der Waals surface area contributed by atoms with Crippen molar-refractivity contribution in [2.75, 3.05) is 6.61 Å². The molecule has 0 aromatic rings. The highest BCUT2D eigenvalue weighted by Crippen LogP contribution is 2.14. The number of carbonyl (C=O) groups is 1. The third kappa shape index (κ3) is 33.5. The molecule has 0 saturated heterocycles. The molecule has 4 heteroatoms. The molecule has 2 atom stereocenters. The van der Waals surface area contributed by atoms with Crippen LogP contribution in [-0.4, -0.2) is 34.9 Å². The van der Waals surface area contributed by atoms with Crippen LogP contribution in [0.25, 0.3) is 0 Å². The van der Waals surface area contributed by atoms with Gasteiger partial charge in [-0.25, -0.2) is 0 Å². The van der Waals surface area contributed by atoms with Crippen LogP contribution in [0.2, 0.25) is 0 Å². The first kappa shape index (κ1) is 43.4. The number of amides is 1. The molecule has 0 spiro atoms. The van der Waals surface area contributed by atoms with Crippen molar-refractivity contribution >= 4 is 5.91 Å². The van der Waals surface area contributed by atoms with E-state index >= 15 is 0 Å². The van der Waals surface area contributed by atoms with Gasteiger partial charge in [-0.1, -0.05) is 172 Å². The number of rotatable bonds is 34. The number of hydrogen-bond donors (Lipinski definition) is 3. The Morgan fingerprint density at radius 3 is 1.38 bits per heavy atom. The first-order valence-corrected chi connectivity index (χ1v) is 19.4. The van der Waals surface area contributed by atoms with Gasteiger partial charge in [0.2, 0.25) is 5.91 Å². The molecule has 3 N–H and O–H groups in total. The summed E-state index contributed by atoms with van der Waals surface area (Å²) in [7, 11) is 0. The van der Waals surface area contributed by atoms with Crippen LogP contribution in [-0.2, 0) is 4.79 Å². The molecule has 0 fully saturated rings. The van der Waals surface area contributed by atoms with Crippen molar-refractivity contribution in [2.45, 2.75) is 199 Å². The van der Waals surface area contributed by atoms with Crippen LogP contribution in [0.3, 0.4) is 0 Å². The Hall–Kier alpha value is -1.65. The minimum Gasteiger partial charge on any atom is -0.394 e. The number of aliphatic hydroxyl groups is 2. The Kier molecular flexibility index (Phi) is 35.5. The van der Waals surface area contributed by atoms with Gasteiger partial charge in [0.25, 0.3) is 0 Å². The van der Waals surface area contributed by atoms with Gasteiger partial charge >= 0.3 is 0 Å². The fourth-order valence-electron chi connectivity index (χ4n) is 5.54. The lowest BCUT2D eigenvalue weighted by atomic mass is 10.0. The smallest absolute Gasteiger partial charge is 0.220 e. The highest BCUT2D eigenvalue weighted by molar-refractivity contribution is 5.76. The van der Waals surface area contributed by atoms with Gasteiger partial charge in [0.05, 0.1) is 18.8 Å². The van der Waals surface area contributed by atoms with Gasteiger partial charge in [-0.15, -0.1) is 0 Å². The van der Waals surface area contributed by atoms with E-state index in [9.17, 15) is 15.0 Å². The predicted octanol–water partition coefficient (Wildman–Crippen LogP) is 11.6. The van der Waals surface area contributed by atoms with Crippen LogP contribution in [0.4, 0.5) is 0 Å². The standard InChI is InChI=1S/C41H75NO3/c1-3-5-7-9-11-12-13-14-15-16-17-18-19-20-21-22-23-24-25-26-27-28-29-30-31-33-35-37-41(45)42-39(38-43)40(44)36-34-32-10-8-6-4-2/h13-14,16-17,19-20,34,36,39-40,43-44H,3-12,15,18,21-33,35,37-38H2,1-2H3,(H,42,45)/b14-13-,17-16-,20-19-,36-34+. The fourth-order valence-corrected chi connectivity index (χ4v) is 5.54. The molecular formula is C41H75NO3. The van der Waals surface area contributed by atoms with E-state index in [-0.39, 0.29) is 12.5 Å². The average molecular weight is 630 g/mol. The zero-order chi connectivity index (χ0) is 32.9. The maximum atomic E-state index is 12.2. The van der Waals surface area contributed by atoms with Crippen molar-refractivity contribution in [1.29, 1.82) is 0 Å². The van der Waals surface area contributed by atoms with Gasteiger partial charge < -0.3 is 15.5 Å². The number of aliphatic hydroxyl groups excluding tert-OH is 2. The van der Waals surface area contributed by atoms with Crippen molar-refractivity contribution < 1.29 is 15.0 Å². The van der Waals surface area contributed by atoms with Crippen molar-refractivity contribution in [3.05, 3.63) is 48.6 Å². The normalized spacial score (nSPS) is 13.6. The summed E-state index contributed by atoms with van der Waals surface area (Å²) in [5.74, 6) is -0.0740. The summed E-state index contributed by atoms with van der Waals surface area (Å²) in [5, 5.41) is 22.6. The SMILES string of the molecule is CCCCCC/C=C/C(O)C(CO)NC(=O)CCCCCCCCCCCCCC/C=C\C/C=C\C/C=C\CCCCCCC. The Morgan fingerprint density at radius 2 is 0.911 bits per heavy atom. The molecule has 45 heavy (non-hydrogen) atoms. The largest absolute Gasteiger partial charge is 0.394 e. The highest BCUT2D eigenvalue weighted by atomic mass is 16.3. The fraction of sp³-hybridized carbons (Fsp3) is 0.780.